The molecule has 0 unspecified atom stereocenters. The van der Waals surface area contributed by atoms with E-state index < -0.39 is 10.8 Å². The van der Waals surface area contributed by atoms with E-state index in [0.717, 1.165) is 0 Å². The number of nitrogens with zero attached hydrogens (tertiary/aromatic N) is 1. The standard InChI is InChI=1S/C25H17Cl3N2O7/c1-34-21-4-2-3-5-22(21)37-18-11-15(10-16(12-18)30(32)33)29-25(31)23-7-6-17(36-23)13-35-24-19(27)8-14(26)9-20(24)28/h2-12H,13H2,1H3,(H,29,31). The number of nitro benzene ring substituents is 1. The third-order valence-corrected chi connectivity index (χ3v) is 5.64. The first-order chi connectivity index (χ1) is 17.7. The molecular formula is C25H17Cl3N2O7. The molecule has 3 aromatic carbocycles. The van der Waals surface area contributed by atoms with Crippen molar-refractivity contribution >= 4 is 52.1 Å². The number of anilines is 1. The zero-order valence-electron chi connectivity index (χ0n) is 19.0. The van der Waals surface area contributed by atoms with Gasteiger partial charge in [0.25, 0.3) is 11.6 Å². The molecule has 0 spiro atoms. The van der Waals surface area contributed by atoms with Crippen LogP contribution in [0.15, 0.2) is 71.1 Å². The fourth-order valence-corrected chi connectivity index (χ4v) is 4.16. The zero-order chi connectivity index (χ0) is 26.5. The molecule has 190 valence electrons. The van der Waals surface area contributed by atoms with Crippen LogP contribution < -0.4 is 19.5 Å². The Morgan fingerprint density at radius 3 is 2.38 bits per heavy atom. The molecule has 0 aliphatic rings. The number of hydrogen-bond donors (Lipinski definition) is 1. The minimum Gasteiger partial charge on any atom is -0.493 e. The highest BCUT2D eigenvalue weighted by Gasteiger charge is 2.18. The lowest BCUT2D eigenvalue weighted by molar-refractivity contribution is -0.384. The Labute approximate surface area is 225 Å². The smallest absolute Gasteiger partial charge is 0.291 e. The van der Waals surface area contributed by atoms with Crippen molar-refractivity contribution in [2.24, 2.45) is 0 Å². The van der Waals surface area contributed by atoms with Gasteiger partial charge in [-0.05, 0) is 36.4 Å². The second kappa shape index (κ2) is 11.4. The van der Waals surface area contributed by atoms with Crippen molar-refractivity contribution in [2.45, 2.75) is 6.61 Å². The normalized spacial score (nSPS) is 10.6. The molecule has 1 aromatic heterocycles. The van der Waals surface area contributed by atoms with Crippen LogP contribution in [-0.4, -0.2) is 17.9 Å². The number of para-hydroxylation sites is 2. The molecule has 1 heterocycles. The van der Waals surface area contributed by atoms with Gasteiger partial charge in [0, 0.05) is 17.2 Å². The number of carbonyl (C=O) groups excluding carboxylic acids is 1. The van der Waals surface area contributed by atoms with Gasteiger partial charge in [-0.2, -0.15) is 0 Å². The molecule has 0 saturated heterocycles. The summed E-state index contributed by atoms with van der Waals surface area (Å²) in [5.41, 5.74) is -0.161. The Kier molecular flexibility index (Phi) is 8.08. The van der Waals surface area contributed by atoms with E-state index in [0.29, 0.717) is 22.3 Å². The number of benzene rings is 3. The molecule has 1 N–H and O–H groups in total. The summed E-state index contributed by atoms with van der Waals surface area (Å²) in [6, 6.07) is 16.6. The van der Waals surface area contributed by atoms with Crippen molar-refractivity contribution in [3.8, 4) is 23.0 Å². The summed E-state index contributed by atoms with van der Waals surface area (Å²) < 4.78 is 22.2. The number of furan rings is 1. The quantitative estimate of drug-likeness (QED) is 0.163. The number of amides is 1. The summed E-state index contributed by atoms with van der Waals surface area (Å²) in [6.45, 7) is -0.0674. The van der Waals surface area contributed by atoms with Gasteiger partial charge in [-0.3, -0.25) is 14.9 Å². The number of methoxy groups -OCH3 is 1. The number of nitro groups is 1. The second-order valence-corrected chi connectivity index (χ2v) is 8.68. The van der Waals surface area contributed by atoms with E-state index in [1.54, 1.807) is 24.3 Å². The molecule has 0 saturated carbocycles. The second-order valence-electron chi connectivity index (χ2n) is 7.43. The summed E-state index contributed by atoms with van der Waals surface area (Å²) in [5.74, 6) is 0.744. The van der Waals surface area contributed by atoms with Crippen molar-refractivity contribution in [1.82, 2.24) is 0 Å². The number of carbonyl (C=O) groups is 1. The molecule has 4 aromatic rings. The summed E-state index contributed by atoms with van der Waals surface area (Å²) in [7, 11) is 1.47. The van der Waals surface area contributed by atoms with Gasteiger partial charge in [-0.1, -0.05) is 46.9 Å². The first-order valence-electron chi connectivity index (χ1n) is 10.5. The highest BCUT2D eigenvalue weighted by molar-refractivity contribution is 6.40. The number of halogens is 3. The minimum absolute atomic E-state index is 0.0504. The van der Waals surface area contributed by atoms with Gasteiger partial charge >= 0.3 is 0 Å². The maximum Gasteiger partial charge on any atom is 0.291 e. The van der Waals surface area contributed by atoms with Crippen LogP contribution >= 0.6 is 34.8 Å². The molecule has 0 fully saturated rings. The third-order valence-electron chi connectivity index (χ3n) is 4.86. The summed E-state index contributed by atoms with van der Waals surface area (Å²) in [6.07, 6.45) is 0. The molecular weight excluding hydrogens is 547 g/mol. The van der Waals surface area contributed by atoms with Crippen LogP contribution in [0.25, 0.3) is 0 Å². The topological polar surface area (TPSA) is 113 Å². The van der Waals surface area contributed by atoms with Crippen LogP contribution in [0.2, 0.25) is 15.1 Å². The molecule has 12 heteroatoms. The largest absolute Gasteiger partial charge is 0.493 e. The number of nitrogens with one attached hydrogen (secondary N) is 1. The van der Waals surface area contributed by atoms with E-state index in [2.05, 4.69) is 5.32 Å². The van der Waals surface area contributed by atoms with E-state index in [4.69, 9.17) is 53.4 Å². The minimum atomic E-state index is -0.641. The number of hydrogen-bond acceptors (Lipinski definition) is 7. The lowest BCUT2D eigenvalue weighted by atomic mass is 10.2. The SMILES string of the molecule is COc1ccccc1Oc1cc(NC(=O)c2ccc(COc3c(Cl)cc(Cl)cc3Cl)o2)cc([N+](=O)[O-])c1. The molecule has 0 atom stereocenters. The first-order valence-corrected chi connectivity index (χ1v) is 11.6. The Morgan fingerprint density at radius 1 is 1.00 bits per heavy atom. The molecule has 4 rings (SSSR count). The molecule has 0 aliphatic heterocycles. The lowest BCUT2D eigenvalue weighted by Crippen LogP contribution is -2.11. The van der Waals surface area contributed by atoms with Gasteiger partial charge < -0.3 is 23.9 Å². The van der Waals surface area contributed by atoms with Crippen molar-refractivity contribution < 1.29 is 28.3 Å². The lowest BCUT2D eigenvalue weighted by Gasteiger charge is -2.11. The van der Waals surface area contributed by atoms with Gasteiger partial charge in [0.15, 0.2) is 23.0 Å². The number of ether oxygens (including phenoxy) is 3. The maximum absolute atomic E-state index is 12.8. The summed E-state index contributed by atoms with van der Waals surface area (Å²) >= 11 is 18.1. The average Bonchev–Trinajstić information content (AvgIpc) is 3.33. The molecule has 37 heavy (non-hydrogen) atoms. The molecule has 0 aliphatic carbocycles. The molecule has 0 bridgehead atoms. The Balaban J connectivity index is 1.49. The van der Waals surface area contributed by atoms with E-state index in [1.807, 2.05) is 0 Å². The van der Waals surface area contributed by atoms with Crippen molar-refractivity contribution in [1.29, 1.82) is 0 Å². The van der Waals surface area contributed by atoms with Crippen LogP contribution in [0.5, 0.6) is 23.0 Å². The van der Waals surface area contributed by atoms with E-state index in [-0.39, 0.29) is 45.3 Å². The van der Waals surface area contributed by atoms with E-state index >= 15 is 0 Å². The summed E-state index contributed by atoms with van der Waals surface area (Å²) in [4.78, 5) is 23.6. The van der Waals surface area contributed by atoms with Gasteiger partial charge in [-0.15, -0.1) is 0 Å². The van der Waals surface area contributed by atoms with Crippen LogP contribution in [0.4, 0.5) is 11.4 Å². The predicted octanol–water partition coefficient (Wildman–Crippen LogP) is 7.78. The maximum atomic E-state index is 12.8. The first kappa shape index (κ1) is 26.2. The van der Waals surface area contributed by atoms with Gasteiger partial charge in [0.1, 0.15) is 18.1 Å². The van der Waals surface area contributed by atoms with Gasteiger partial charge in [-0.25, -0.2) is 0 Å². The predicted molar refractivity (Wildman–Crippen MR) is 139 cm³/mol. The highest BCUT2D eigenvalue weighted by Crippen LogP contribution is 2.37. The number of rotatable bonds is 9. The molecule has 1 amide bonds. The molecule has 9 nitrogen and oxygen atoms in total. The zero-order valence-corrected chi connectivity index (χ0v) is 21.3. The van der Waals surface area contributed by atoms with Crippen LogP contribution in [-0.2, 0) is 6.61 Å². The number of non-ortho nitro benzene ring substituents is 1. The van der Waals surface area contributed by atoms with Crippen molar-refractivity contribution in [3.63, 3.8) is 0 Å². The fourth-order valence-electron chi connectivity index (χ4n) is 3.23. The Morgan fingerprint density at radius 2 is 1.70 bits per heavy atom. The van der Waals surface area contributed by atoms with E-state index in [9.17, 15) is 14.9 Å². The molecule has 0 radical (unpaired) electrons. The van der Waals surface area contributed by atoms with Gasteiger partial charge in [0.2, 0.25) is 0 Å². The van der Waals surface area contributed by atoms with Crippen molar-refractivity contribution in [3.05, 3.63) is 103 Å². The third kappa shape index (κ3) is 6.45. The summed E-state index contributed by atoms with van der Waals surface area (Å²) in [5, 5.41) is 14.8. The highest BCUT2D eigenvalue weighted by atomic mass is 35.5. The van der Waals surface area contributed by atoms with Crippen LogP contribution in [0, 0.1) is 10.1 Å². The van der Waals surface area contributed by atoms with E-state index in [1.165, 1.54) is 49.6 Å². The Hall–Kier alpha value is -3.92. The van der Waals surface area contributed by atoms with Gasteiger partial charge in [0.05, 0.1) is 33.8 Å². The van der Waals surface area contributed by atoms with Crippen molar-refractivity contribution in [2.75, 3.05) is 12.4 Å². The average molecular weight is 564 g/mol. The fraction of sp³-hybridized carbons (Fsp3) is 0.0800. The van der Waals surface area contributed by atoms with Crippen LogP contribution in [0.1, 0.15) is 16.3 Å². The Bertz CT molecular complexity index is 1450. The van der Waals surface area contributed by atoms with Crippen LogP contribution in [0.3, 0.4) is 0 Å². The monoisotopic (exact) mass is 562 g/mol.